The zero-order chi connectivity index (χ0) is 47.4. The molecule has 19 nitrogen and oxygen atoms in total. The van der Waals surface area contributed by atoms with Crippen molar-refractivity contribution < 1.29 is 41.1 Å². The number of nitrogens with one attached hydrogen (secondary N) is 2. The Morgan fingerprint density at radius 2 is 1.65 bits per heavy atom. The minimum Gasteiger partial charge on any atom is -0.453 e. The molecule has 0 aliphatic carbocycles. The van der Waals surface area contributed by atoms with E-state index in [1.807, 2.05) is 6.07 Å². The number of benzene rings is 3. The predicted octanol–water partition coefficient (Wildman–Crippen LogP) is 4.36. The van der Waals surface area contributed by atoms with E-state index in [-0.39, 0.29) is 66.3 Å². The van der Waals surface area contributed by atoms with Gasteiger partial charge in [-0.1, -0.05) is 0 Å². The van der Waals surface area contributed by atoms with Gasteiger partial charge in [0.25, 0.3) is 17.4 Å². The normalized spacial score (nSPS) is 21.4. The van der Waals surface area contributed by atoms with E-state index in [2.05, 4.69) is 34.8 Å². The number of fused-ring (bicyclic) bond motifs is 2. The molecule has 3 aromatic carbocycles. The molecule has 4 fully saturated rings. The second-order valence-corrected chi connectivity index (χ2v) is 19.2. The summed E-state index contributed by atoms with van der Waals surface area (Å²) in [6.45, 7) is 1.86. The van der Waals surface area contributed by atoms with E-state index in [1.165, 1.54) is 29.1 Å². The van der Waals surface area contributed by atoms with Gasteiger partial charge in [0.05, 0.1) is 45.8 Å². The van der Waals surface area contributed by atoms with Crippen LogP contribution in [-0.2, 0) is 19.8 Å². The topological polar surface area (TPSA) is 233 Å². The molecule has 5 aliphatic heterocycles. The molecule has 3 atom stereocenters. The van der Waals surface area contributed by atoms with Gasteiger partial charge in [-0.15, -0.1) is 0 Å². The zero-order valence-electron chi connectivity index (χ0n) is 36.3. The number of alkyl halides is 1. The number of hydrogen-bond acceptors (Lipinski definition) is 14. The minimum absolute atomic E-state index is 0.0285. The summed E-state index contributed by atoms with van der Waals surface area (Å²) in [7, 11) is -4.26. The zero-order valence-corrected chi connectivity index (χ0v) is 37.1. The monoisotopic (exact) mass is 947 g/mol. The number of nitrogens with zero attached hydrogens (tertiary/aromatic N) is 9. The first-order valence-electron chi connectivity index (χ1n) is 22.3. The fraction of sp³-hybridized carbons (Fsp3) is 0.370. The van der Waals surface area contributed by atoms with E-state index in [1.54, 1.807) is 30.6 Å². The predicted molar refractivity (Wildman–Crippen MR) is 241 cm³/mol. The van der Waals surface area contributed by atoms with Gasteiger partial charge in [-0.3, -0.25) is 43.5 Å². The Balaban J connectivity index is 0.787. The third-order valence-electron chi connectivity index (χ3n) is 13.4. The lowest BCUT2D eigenvalue weighted by Gasteiger charge is -2.36. The SMILES string of the molecule is N#Cc1c(NS(=O)(=O)N2CC[C@@H](F)C2)ccc(F)c1Oc1ccc2ncn(-c3cnc(N4CCCC4CC4CCN(c5ccc6c(c5)C(=O)N(C5CCC(=O)NC5=O)C6=O)CC4)nc3)c(=O)c2c1. The summed E-state index contributed by atoms with van der Waals surface area (Å²) in [6.07, 6.45) is 7.95. The first kappa shape index (κ1) is 44.5. The Kier molecular flexibility index (Phi) is 11.6. The summed E-state index contributed by atoms with van der Waals surface area (Å²) in [5.74, 6) is -2.76. The van der Waals surface area contributed by atoms with E-state index in [4.69, 9.17) is 4.74 Å². The van der Waals surface area contributed by atoms with Crippen LogP contribution in [0.15, 0.2) is 72.0 Å². The number of hydrogen-bond donors (Lipinski definition) is 2. The van der Waals surface area contributed by atoms with E-state index in [0.717, 1.165) is 78.8 Å². The van der Waals surface area contributed by atoms with Crippen molar-refractivity contribution in [3.8, 4) is 23.3 Å². The lowest BCUT2D eigenvalue weighted by atomic mass is 9.89. The molecule has 0 spiro atoms. The van der Waals surface area contributed by atoms with Crippen LogP contribution in [0, 0.1) is 23.1 Å². The van der Waals surface area contributed by atoms with Crippen LogP contribution >= 0.6 is 0 Å². The summed E-state index contributed by atoms with van der Waals surface area (Å²) in [5, 5.41) is 12.3. The third-order valence-corrected chi connectivity index (χ3v) is 14.9. The van der Waals surface area contributed by atoms with Crippen LogP contribution in [0.25, 0.3) is 16.6 Å². The highest BCUT2D eigenvalue weighted by Crippen LogP contribution is 2.37. The van der Waals surface area contributed by atoms with Crippen LogP contribution < -0.4 is 30.1 Å². The minimum atomic E-state index is -4.26. The van der Waals surface area contributed by atoms with Crippen molar-refractivity contribution in [2.45, 2.75) is 69.6 Å². The van der Waals surface area contributed by atoms with Crippen molar-refractivity contribution in [3.05, 3.63) is 100 Å². The molecule has 4 saturated heterocycles. The molecule has 22 heteroatoms. The van der Waals surface area contributed by atoms with Crippen molar-refractivity contribution in [1.29, 1.82) is 5.26 Å². The van der Waals surface area contributed by atoms with Gasteiger partial charge in [-0.05, 0) is 99.4 Å². The average Bonchev–Trinajstić information content (AvgIpc) is 4.06. The summed E-state index contributed by atoms with van der Waals surface area (Å²) < 4.78 is 65.0. The maximum atomic E-state index is 15.2. The third kappa shape index (κ3) is 8.25. The van der Waals surface area contributed by atoms with Gasteiger partial charge in [0.15, 0.2) is 11.6 Å². The van der Waals surface area contributed by atoms with Crippen LogP contribution in [0.3, 0.4) is 0 Å². The molecule has 2 aromatic heterocycles. The number of carbonyl (C=O) groups excluding carboxylic acids is 4. The van der Waals surface area contributed by atoms with Crippen LogP contribution in [0.5, 0.6) is 11.5 Å². The van der Waals surface area contributed by atoms with Gasteiger partial charge >= 0.3 is 10.2 Å². The van der Waals surface area contributed by atoms with Crippen LogP contribution in [0.1, 0.15) is 77.6 Å². The Morgan fingerprint density at radius 1 is 0.868 bits per heavy atom. The van der Waals surface area contributed by atoms with Crippen molar-refractivity contribution in [3.63, 3.8) is 0 Å². The van der Waals surface area contributed by atoms with Crippen molar-refractivity contribution in [1.82, 2.24) is 34.0 Å². The average molecular weight is 948 g/mol. The summed E-state index contributed by atoms with van der Waals surface area (Å²) >= 11 is 0. The highest BCUT2D eigenvalue weighted by Gasteiger charge is 2.45. The van der Waals surface area contributed by atoms with E-state index in [9.17, 15) is 42.0 Å². The number of aromatic nitrogens is 4. The standard InChI is InChI=1S/C46H43F2N11O8S/c47-27-13-17-56(24-27)68(65,66)54-38-8-6-36(48)41(35(38)21-49)67-31-4-7-37-34(20-31)43(62)58(25-52-37)30-22-50-46(51-23-30)57-14-1-2-29(57)18-26-11-15-55(16-12-26)28-3-5-32-33(19-28)45(64)59(44(32)63)39-9-10-40(60)53-42(39)61/h3-8,19-20,22-23,25-27,29,39,54H,1-2,9-18,24H2,(H,53,60,61)/t27-,29?,39?/m1/s1. The first-order chi connectivity index (χ1) is 32.8. The molecular formula is C46H43F2N11O8S. The number of piperidine rings is 2. The smallest absolute Gasteiger partial charge is 0.301 e. The van der Waals surface area contributed by atoms with Crippen LogP contribution in [0.2, 0.25) is 0 Å². The number of ether oxygens (including phenoxy) is 1. The maximum absolute atomic E-state index is 15.2. The van der Waals surface area contributed by atoms with Gasteiger partial charge in [0.2, 0.25) is 17.8 Å². The molecule has 2 unspecified atom stereocenters. The highest BCUT2D eigenvalue weighted by molar-refractivity contribution is 7.90. The summed E-state index contributed by atoms with van der Waals surface area (Å²) in [5.41, 5.74) is 0.757. The number of nitriles is 1. The lowest BCUT2D eigenvalue weighted by molar-refractivity contribution is -0.136. The Hall–Kier alpha value is -7.38. The molecule has 0 radical (unpaired) electrons. The summed E-state index contributed by atoms with van der Waals surface area (Å²) in [4.78, 5) is 83.8. The van der Waals surface area contributed by atoms with E-state index < -0.39 is 68.7 Å². The molecule has 0 saturated carbocycles. The summed E-state index contributed by atoms with van der Waals surface area (Å²) in [6, 6.07) is 12.4. The van der Waals surface area contributed by atoms with Crippen molar-refractivity contribution in [2.75, 3.05) is 47.2 Å². The van der Waals surface area contributed by atoms with Crippen molar-refractivity contribution >= 4 is 62.1 Å². The van der Waals surface area contributed by atoms with Gasteiger partial charge in [0, 0.05) is 50.9 Å². The molecule has 10 rings (SSSR count). The number of anilines is 3. The second-order valence-electron chi connectivity index (χ2n) is 17.5. The number of rotatable bonds is 11. The number of carbonyl (C=O) groups is 4. The molecule has 7 heterocycles. The quantitative estimate of drug-likeness (QED) is 0.175. The first-order valence-corrected chi connectivity index (χ1v) is 23.7. The maximum Gasteiger partial charge on any atom is 0.301 e. The van der Waals surface area contributed by atoms with E-state index >= 15 is 4.39 Å². The number of halogens is 2. The molecule has 350 valence electrons. The van der Waals surface area contributed by atoms with Crippen molar-refractivity contribution in [2.24, 2.45) is 5.92 Å². The Bertz CT molecular complexity index is 3120. The van der Waals surface area contributed by atoms with Crippen LogP contribution in [-0.4, -0.2) is 112 Å². The number of imide groups is 2. The Labute approximate surface area is 387 Å². The largest absolute Gasteiger partial charge is 0.453 e. The molecule has 0 bridgehead atoms. The molecule has 5 aliphatic rings. The molecule has 68 heavy (non-hydrogen) atoms. The molecular weight excluding hydrogens is 905 g/mol. The van der Waals surface area contributed by atoms with Gasteiger partial charge < -0.3 is 14.5 Å². The fourth-order valence-corrected chi connectivity index (χ4v) is 11.1. The molecule has 2 N–H and O–H groups in total. The lowest BCUT2D eigenvalue weighted by Crippen LogP contribution is -2.54. The Morgan fingerprint density at radius 3 is 2.38 bits per heavy atom. The fourth-order valence-electron chi connectivity index (χ4n) is 9.83. The second kappa shape index (κ2) is 17.7. The van der Waals surface area contributed by atoms with Gasteiger partial charge in [-0.2, -0.15) is 18.0 Å². The van der Waals surface area contributed by atoms with Crippen LogP contribution in [0.4, 0.5) is 26.1 Å². The van der Waals surface area contributed by atoms with E-state index in [0.29, 0.717) is 23.1 Å². The highest BCUT2D eigenvalue weighted by atomic mass is 32.2. The molecule has 4 amide bonds. The molecule has 5 aromatic rings. The van der Waals surface area contributed by atoms with Gasteiger partial charge in [0.1, 0.15) is 35.9 Å². The van der Waals surface area contributed by atoms with Gasteiger partial charge in [-0.25, -0.2) is 23.7 Å². The number of amides is 4.